The van der Waals surface area contributed by atoms with Crippen molar-refractivity contribution < 1.29 is 27.5 Å². The Hall–Kier alpha value is -3.24. The van der Waals surface area contributed by atoms with Crippen molar-refractivity contribution in [2.75, 3.05) is 10.8 Å². The highest BCUT2D eigenvalue weighted by Crippen LogP contribution is 2.41. The van der Waals surface area contributed by atoms with Gasteiger partial charge in [-0.1, -0.05) is 24.3 Å². The number of carbonyl (C=O) groups excluding carboxylic acids is 3. The lowest BCUT2D eigenvalue weighted by molar-refractivity contribution is -0.144. The molecule has 8 nitrogen and oxygen atoms in total. The third kappa shape index (κ3) is 3.98. The maximum Gasteiger partial charge on any atom is 0.327 e. The van der Waals surface area contributed by atoms with E-state index in [4.69, 9.17) is 4.74 Å². The smallest absolute Gasteiger partial charge is 0.327 e. The fourth-order valence-corrected chi connectivity index (χ4v) is 6.17. The lowest BCUT2D eigenvalue weighted by atomic mass is 10.1. The zero-order valence-electron chi connectivity index (χ0n) is 17.3. The molecule has 32 heavy (non-hydrogen) atoms. The molecule has 0 radical (unpaired) electrons. The van der Waals surface area contributed by atoms with Gasteiger partial charge in [0.1, 0.15) is 6.54 Å². The SMILES string of the molecule is CC(=O)NCc1ccc(C(=O)C(C)OC(=O)CN2c3cccc4cccc(c34)S2(=O)=O)s1. The molecular formula is C22H20N2O6S2. The number of anilines is 1. The first kappa shape index (κ1) is 22.0. The summed E-state index contributed by atoms with van der Waals surface area (Å²) in [5.74, 6) is -1.40. The summed E-state index contributed by atoms with van der Waals surface area (Å²) in [6.45, 7) is 2.62. The van der Waals surface area contributed by atoms with Gasteiger partial charge in [-0.15, -0.1) is 11.3 Å². The van der Waals surface area contributed by atoms with Crippen LogP contribution in [0.2, 0.25) is 0 Å². The average Bonchev–Trinajstić information content (AvgIpc) is 3.30. The lowest BCUT2D eigenvalue weighted by Gasteiger charge is -2.19. The molecule has 1 amide bonds. The van der Waals surface area contributed by atoms with Crippen molar-refractivity contribution in [3.63, 3.8) is 0 Å². The number of ether oxygens (including phenoxy) is 1. The summed E-state index contributed by atoms with van der Waals surface area (Å²) in [7, 11) is -3.90. The minimum absolute atomic E-state index is 0.146. The van der Waals surface area contributed by atoms with Crippen molar-refractivity contribution in [1.29, 1.82) is 0 Å². The number of esters is 1. The molecule has 10 heteroatoms. The number of thiophene rings is 1. The van der Waals surface area contributed by atoms with Crippen LogP contribution in [0.15, 0.2) is 53.4 Å². The molecule has 0 saturated heterocycles. The fourth-order valence-electron chi connectivity index (χ4n) is 3.55. The van der Waals surface area contributed by atoms with Crippen molar-refractivity contribution >= 4 is 55.5 Å². The molecule has 2 aromatic carbocycles. The molecule has 1 aliphatic rings. The van der Waals surface area contributed by atoms with Gasteiger partial charge in [0, 0.05) is 17.2 Å². The summed E-state index contributed by atoms with van der Waals surface area (Å²) in [5, 5.41) is 3.98. The fraction of sp³-hybridized carbons (Fsp3) is 0.227. The van der Waals surface area contributed by atoms with E-state index >= 15 is 0 Å². The number of hydrogen-bond acceptors (Lipinski definition) is 7. The van der Waals surface area contributed by atoms with Gasteiger partial charge in [0.15, 0.2) is 6.10 Å². The van der Waals surface area contributed by atoms with Crippen LogP contribution in [-0.2, 0) is 30.9 Å². The number of nitrogens with zero attached hydrogens (tertiary/aromatic N) is 1. The van der Waals surface area contributed by atoms with Gasteiger partial charge in [0.25, 0.3) is 10.0 Å². The summed E-state index contributed by atoms with van der Waals surface area (Å²) in [6, 6.07) is 13.5. The molecule has 1 N–H and O–H groups in total. The monoisotopic (exact) mass is 472 g/mol. The zero-order valence-corrected chi connectivity index (χ0v) is 19.0. The van der Waals surface area contributed by atoms with Crippen LogP contribution in [0.4, 0.5) is 5.69 Å². The van der Waals surface area contributed by atoms with E-state index < -0.39 is 34.4 Å². The molecular weight excluding hydrogens is 452 g/mol. The summed E-state index contributed by atoms with van der Waals surface area (Å²) < 4.78 is 32.2. The number of benzene rings is 2. The normalized spacial score (nSPS) is 14.9. The second-order valence-corrected chi connectivity index (χ2v) is 10.3. The topological polar surface area (TPSA) is 110 Å². The molecule has 4 rings (SSSR count). The molecule has 2 heterocycles. The van der Waals surface area contributed by atoms with Crippen molar-refractivity contribution in [3.05, 3.63) is 58.3 Å². The minimum Gasteiger partial charge on any atom is -0.453 e. The highest BCUT2D eigenvalue weighted by molar-refractivity contribution is 7.93. The van der Waals surface area contributed by atoms with E-state index in [1.165, 1.54) is 31.3 Å². The molecule has 1 atom stereocenters. The summed E-state index contributed by atoms with van der Waals surface area (Å²) >= 11 is 1.20. The summed E-state index contributed by atoms with van der Waals surface area (Å²) in [4.78, 5) is 37.6. The molecule has 166 valence electrons. The van der Waals surface area contributed by atoms with Gasteiger partial charge in [-0.25, -0.2) is 8.42 Å². The Morgan fingerprint density at radius 3 is 2.53 bits per heavy atom. The summed E-state index contributed by atoms with van der Waals surface area (Å²) in [5.41, 5.74) is 0.412. The van der Waals surface area contributed by atoms with Gasteiger partial charge >= 0.3 is 5.97 Å². The van der Waals surface area contributed by atoms with E-state index in [1.54, 1.807) is 30.3 Å². The van der Waals surface area contributed by atoms with Crippen LogP contribution in [0.5, 0.6) is 0 Å². The number of amides is 1. The predicted molar refractivity (Wildman–Crippen MR) is 120 cm³/mol. The Morgan fingerprint density at radius 1 is 1.09 bits per heavy atom. The highest BCUT2D eigenvalue weighted by atomic mass is 32.2. The third-order valence-corrected chi connectivity index (χ3v) is 7.95. The van der Waals surface area contributed by atoms with Crippen molar-refractivity contribution in [2.45, 2.75) is 31.4 Å². The maximum atomic E-state index is 13.0. The van der Waals surface area contributed by atoms with Crippen molar-refractivity contribution in [1.82, 2.24) is 5.32 Å². The molecule has 1 unspecified atom stereocenters. The second kappa shape index (κ2) is 8.36. The van der Waals surface area contributed by atoms with Crippen LogP contribution in [0, 0.1) is 0 Å². The first-order valence-electron chi connectivity index (χ1n) is 9.80. The van der Waals surface area contributed by atoms with Crippen molar-refractivity contribution in [3.8, 4) is 0 Å². The van der Waals surface area contributed by atoms with Crippen molar-refractivity contribution in [2.24, 2.45) is 0 Å². The molecule has 0 saturated carbocycles. The quantitative estimate of drug-likeness (QED) is 0.418. The van der Waals surface area contributed by atoms with Gasteiger partial charge in [-0.2, -0.15) is 0 Å². The largest absolute Gasteiger partial charge is 0.453 e. The number of Topliss-reactive ketones (excluding diaryl/α,β-unsaturated/α-hetero) is 1. The van der Waals surface area contributed by atoms with E-state index in [-0.39, 0.29) is 10.8 Å². The summed E-state index contributed by atoms with van der Waals surface area (Å²) in [6.07, 6.45) is -1.08. The van der Waals surface area contributed by atoms with Gasteiger partial charge < -0.3 is 10.1 Å². The van der Waals surface area contributed by atoms with Crippen LogP contribution in [0.1, 0.15) is 28.4 Å². The van der Waals surface area contributed by atoms with E-state index in [1.807, 2.05) is 12.1 Å². The predicted octanol–water partition coefficient (Wildman–Crippen LogP) is 2.86. The average molecular weight is 473 g/mol. The van der Waals surface area contributed by atoms with Crippen LogP contribution >= 0.6 is 11.3 Å². The molecule has 0 bridgehead atoms. The Balaban J connectivity index is 1.46. The molecule has 1 aromatic heterocycles. The Morgan fingerprint density at radius 2 is 1.81 bits per heavy atom. The molecule has 3 aromatic rings. The van der Waals surface area contributed by atoms with Gasteiger partial charge in [-0.3, -0.25) is 18.7 Å². The first-order valence-corrected chi connectivity index (χ1v) is 12.1. The van der Waals surface area contributed by atoms with Gasteiger partial charge in [-0.05, 0) is 36.6 Å². The Kier molecular flexibility index (Phi) is 5.74. The minimum atomic E-state index is -3.90. The lowest BCUT2D eigenvalue weighted by Crippen LogP contribution is -2.36. The number of ketones is 1. The number of hydrogen-bond donors (Lipinski definition) is 1. The Bertz CT molecular complexity index is 1340. The zero-order chi connectivity index (χ0) is 23.0. The van der Waals surface area contributed by atoms with Gasteiger partial charge in [0.2, 0.25) is 11.7 Å². The van der Waals surface area contributed by atoms with E-state index in [0.717, 1.165) is 14.6 Å². The Labute approximate surface area is 188 Å². The molecule has 0 aliphatic carbocycles. The molecule has 0 fully saturated rings. The van der Waals surface area contributed by atoms with Gasteiger partial charge in [0.05, 0.1) is 22.0 Å². The number of rotatable bonds is 7. The van der Waals surface area contributed by atoms with E-state index in [9.17, 15) is 22.8 Å². The maximum absolute atomic E-state index is 13.0. The van der Waals surface area contributed by atoms with Crippen LogP contribution in [0.3, 0.4) is 0 Å². The second-order valence-electron chi connectivity index (χ2n) is 7.32. The highest BCUT2D eigenvalue weighted by Gasteiger charge is 2.37. The molecule has 0 spiro atoms. The van der Waals surface area contributed by atoms with Crippen LogP contribution in [0.25, 0.3) is 10.8 Å². The van der Waals surface area contributed by atoms with E-state index in [2.05, 4.69) is 5.32 Å². The number of carbonyl (C=O) groups is 3. The number of nitrogens with one attached hydrogen (secondary N) is 1. The van der Waals surface area contributed by atoms with Crippen LogP contribution in [-0.4, -0.2) is 38.7 Å². The number of sulfonamides is 1. The first-order chi connectivity index (χ1) is 15.2. The van der Waals surface area contributed by atoms with Crippen LogP contribution < -0.4 is 9.62 Å². The third-order valence-electron chi connectivity index (χ3n) is 5.05. The standard InChI is InChI=1S/C22H20N2O6S2/c1-13(22(27)18-10-9-16(31-18)11-23-14(2)25)30-20(26)12-24-17-7-3-5-15-6-4-8-19(21(15)17)32(24,28)29/h3-10,13H,11-12H2,1-2H3,(H,23,25). The molecule has 1 aliphatic heterocycles. The van der Waals surface area contributed by atoms with E-state index in [0.29, 0.717) is 22.5 Å².